The van der Waals surface area contributed by atoms with Crippen LogP contribution >= 0.6 is 0 Å². The lowest BCUT2D eigenvalue weighted by Gasteiger charge is -2.40. The second kappa shape index (κ2) is 2.85. The van der Waals surface area contributed by atoms with Gasteiger partial charge in [0.15, 0.2) is 0 Å². The van der Waals surface area contributed by atoms with Crippen LogP contribution in [0.4, 0.5) is 0 Å². The van der Waals surface area contributed by atoms with Crippen molar-refractivity contribution in [2.75, 3.05) is 0 Å². The number of aliphatic hydroxyl groups is 1. The fourth-order valence-corrected chi connectivity index (χ4v) is 2.00. The van der Waals surface area contributed by atoms with Crippen molar-refractivity contribution >= 4 is 5.97 Å². The Morgan fingerprint density at radius 1 is 1.57 bits per heavy atom. The van der Waals surface area contributed by atoms with Crippen molar-refractivity contribution in [3.8, 4) is 0 Å². The fraction of sp³-hybridized carbons (Fsp3) is 0.500. The number of aromatic carboxylic acids is 1. The van der Waals surface area contributed by atoms with E-state index in [4.69, 9.17) is 9.52 Å². The van der Waals surface area contributed by atoms with Gasteiger partial charge in [0.05, 0.1) is 0 Å². The van der Waals surface area contributed by atoms with Gasteiger partial charge in [-0.05, 0) is 30.9 Å². The first-order chi connectivity index (χ1) is 6.51. The summed E-state index contributed by atoms with van der Waals surface area (Å²) in [6.07, 6.45) is 1.28. The fourth-order valence-electron chi connectivity index (χ4n) is 2.00. The van der Waals surface area contributed by atoms with Crippen LogP contribution in [0.2, 0.25) is 0 Å². The maximum absolute atomic E-state index is 10.5. The second-order valence-electron chi connectivity index (χ2n) is 4.01. The summed E-state index contributed by atoms with van der Waals surface area (Å²) >= 11 is 0. The summed E-state index contributed by atoms with van der Waals surface area (Å²) in [5.41, 5.74) is -0.937. The van der Waals surface area contributed by atoms with E-state index in [1.165, 1.54) is 12.1 Å². The van der Waals surface area contributed by atoms with E-state index < -0.39 is 11.6 Å². The number of carbonyl (C=O) groups is 1. The SMILES string of the molecule is CC1CC(O)(c2ccc(C(=O)O)o2)C1. The van der Waals surface area contributed by atoms with E-state index in [9.17, 15) is 9.90 Å². The average molecular weight is 196 g/mol. The second-order valence-corrected chi connectivity index (χ2v) is 4.01. The molecule has 1 fully saturated rings. The van der Waals surface area contributed by atoms with Gasteiger partial charge in [0.25, 0.3) is 0 Å². The molecule has 76 valence electrons. The zero-order valence-electron chi connectivity index (χ0n) is 7.86. The molecule has 1 aliphatic rings. The molecule has 2 N–H and O–H groups in total. The number of carboxylic acid groups (broad SMARTS) is 1. The van der Waals surface area contributed by atoms with Crippen LogP contribution < -0.4 is 0 Å². The van der Waals surface area contributed by atoms with Gasteiger partial charge in [-0.2, -0.15) is 0 Å². The van der Waals surface area contributed by atoms with E-state index in [1.807, 2.05) is 6.92 Å². The normalized spacial score (nSPS) is 31.1. The molecule has 0 bridgehead atoms. The summed E-state index contributed by atoms with van der Waals surface area (Å²) in [5.74, 6) is -0.383. The molecule has 0 saturated heterocycles. The number of hydrogen-bond acceptors (Lipinski definition) is 3. The van der Waals surface area contributed by atoms with Gasteiger partial charge < -0.3 is 14.6 Å². The smallest absolute Gasteiger partial charge is 0.371 e. The molecule has 0 atom stereocenters. The van der Waals surface area contributed by atoms with Crippen molar-refractivity contribution in [2.45, 2.75) is 25.4 Å². The summed E-state index contributed by atoms with van der Waals surface area (Å²) in [4.78, 5) is 10.5. The molecule has 0 unspecified atom stereocenters. The molecule has 0 spiro atoms. The molecule has 1 aromatic heterocycles. The Morgan fingerprint density at radius 2 is 2.21 bits per heavy atom. The highest BCUT2D eigenvalue weighted by Crippen LogP contribution is 2.45. The van der Waals surface area contributed by atoms with E-state index in [-0.39, 0.29) is 5.76 Å². The molecule has 1 heterocycles. The van der Waals surface area contributed by atoms with Crippen LogP contribution in [0.15, 0.2) is 16.5 Å². The lowest BCUT2D eigenvalue weighted by Crippen LogP contribution is -2.39. The number of hydrogen-bond donors (Lipinski definition) is 2. The number of rotatable bonds is 2. The topological polar surface area (TPSA) is 70.7 Å². The van der Waals surface area contributed by atoms with Crippen molar-refractivity contribution in [1.29, 1.82) is 0 Å². The first-order valence-electron chi connectivity index (χ1n) is 4.57. The zero-order valence-corrected chi connectivity index (χ0v) is 7.86. The Hall–Kier alpha value is -1.29. The van der Waals surface area contributed by atoms with Crippen molar-refractivity contribution in [3.63, 3.8) is 0 Å². The van der Waals surface area contributed by atoms with Crippen molar-refractivity contribution < 1.29 is 19.4 Å². The minimum atomic E-state index is -1.10. The standard InChI is InChI=1S/C10H12O4/c1-6-4-10(13,5-6)8-3-2-7(14-8)9(11)12/h2-3,6,13H,4-5H2,1H3,(H,11,12). The van der Waals surface area contributed by atoms with Crippen molar-refractivity contribution in [2.24, 2.45) is 5.92 Å². The van der Waals surface area contributed by atoms with E-state index in [1.54, 1.807) is 0 Å². The Morgan fingerprint density at radius 3 is 2.64 bits per heavy atom. The number of furan rings is 1. The highest BCUT2D eigenvalue weighted by atomic mass is 16.4. The third kappa shape index (κ3) is 1.32. The molecule has 4 nitrogen and oxygen atoms in total. The van der Waals surface area contributed by atoms with Gasteiger partial charge >= 0.3 is 5.97 Å². The Bertz CT molecular complexity index is 360. The molecule has 0 aromatic carbocycles. The summed E-state index contributed by atoms with van der Waals surface area (Å²) < 4.78 is 5.05. The molecule has 0 radical (unpaired) electrons. The predicted molar refractivity (Wildman–Crippen MR) is 48.0 cm³/mol. The summed E-state index contributed by atoms with van der Waals surface area (Å²) in [7, 11) is 0. The van der Waals surface area contributed by atoms with Crippen LogP contribution in [0.5, 0.6) is 0 Å². The summed E-state index contributed by atoms with van der Waals surface area (Å²) in [6, 6.07) is 2.91. The van der Waals surface area contributed by atoms with Gasteiger partial charge in [-0.25, -0.2) is 4.79 Å². The van der Waals surface area contributed by atoms with Gasteiger partial charge in [0.1, 0.15) is 11.4 Å². The molecule has 4 heteroatoms. The van der Waals surface area contributed by atoms with Crippen LogP contribution in [0.3, 0.4) is 0 Å². The average Bonchev–Trinajstić information content (AvgIpc) is 2.49. The third-order valence-corrected chi connectivity index (χ3v) is 2.65. The van der Waals surface area contributed by atoms with Crippen LogP contribution in [-0.4, -0.2) is 16.2 Å². The van der Waals surface area contributed by atoms with Gasteiger partial charge in [-0.1, -0.05) is 6.92 Å². The molecule has 2 rings (SSSR count). The monoisotopic (exact) mass is 196 g/mol. The van der Waals surface area contributed by atoms with E-state index in [0.717, 1.165) is 0 Å². The van der Waals surface area contributed by atoms with E-state index in [0.29, 0.717) is 24.5 Å². The maximum Gasteiger partial charge on any atom is 0.371 e. The molecule has 0 amide bonds. The van der Waals surface area contributed by atoms with Crippen LogP contribution in [0.25, 0.3) is 0 Å². The van der Waals surface area contributed by atoms with Gasteiger partial charge in [-0.15, -0.1) is 0 Å². The van der Waals surface area contributed by atoms with Crippen molar-refractivity contribution in [3.05, 3.63) is 23.7 Å². The Kier molecular flexibility index (Phi) is 1.89. The minimum Gasteiger partial charge on any atom is -0.475 e. The minimum absolute atomic E-state index is 0.118. The molecule has 1 aliphatic carbocycles. The summed E-state index contributed by atoms with van der Waals surface area (Å²) in [6.45, 7) is 2.04. The molecular formula is C10H12O4. The van der Waals surface area contributed by atoms with Gasteiger partial charge in [0.2, 0.25) is 5.76 Å². The highest BCUT2D eigenvalue weighted by molar-refractivity contribution is 5.84. The van der Waals surface area contributed by atoms with Crippen molar-refractivity contribution in [1.82, 2.24) is 0 Å². The van der Waals surface area contributed by atoms with Gasteiger partial charge in [-0.3, -0.25) is 0 Å². The molecule has 1 aromatic rings. The van der Waals surface area contributed by atoms with E-state index >= 15 is 0 Å². The highest BCUT2D eigenvalue weighted by Gasteiger charge is 2.44. The molecular weight excluding hydrogens is 184 g/mol. The van der Waals surface area contributed by atoms with Crippen LogP contribution in [-0.2, 0) is 5.60 Å². The molecule has 0 aliphatic heterocycles. The lowest BCUT2D eigenvalue weighted by atomic mass is 9.71. The Balaban J connectivity index is 2.21. The molecule has 14 heavy (non-hydrogen) atoms. The largest absolute Gasteiger partial charge is 0.475 e. The first-order valence-corrected chi connectivity index (χ1v) is 4.57. The third-order valence-electron chi connectivity index (χ3n) is 2.65. The van der Waals surface area contributed by atoms with Crippen LogP contribution in [0, 0.1) is 5.92 Å². The first kappa shape index (κ1) is 9.27. The lowest BCUT2D eigenvalue weighted by molar-refractivity contribution is -0.0897. The Labute approximate surface area is 81.2 Å². The van der Waals surface area contributed by atoms with Gasteiger partial charge in [0, 0.05) is 0 Å². The maximum atomic E-state index is 10.5. The van der Waals surface area contributed by atoms with E-state index in [2.05, 4.69) is 0 Å². The van der Waals surface area contributed by atoms with Crippen LogP contribution in [0.1, 0.15) is 36.1 Å². The summed E-state index contributed by atoms with van der Waals surface area (Å²) in [5, 5.41) is 18.6. The predicted octanol–water partition coefficient (Wildman–Crippen LogP) is 1.60. The zero-order chi connectivity index (χ0) is 10.3. The number of carboxylic acids is 1. The quantitative estimate of drug-likeness (QED) is 0.753. The molecule has 1 saturated carbocycles.